The van der Waals surface area contributed by atoms with Crippen LogP contribution in [0.5, 0.6) is 0 Å². The zero-order valence-corrected chi connectivity index (χ0v) is 9.89. The number of aliphatic hydroxyl groups excluding tert-OH is 1. The van der Waals surface area contributed by atoms with Crippen LogP contribution in [0.2, 0.25) is 0 Å². The summed E-state index contributed by atoms with van der Waals surface area (Å²) in [7, 11) is 0. The predicted octanol–water partition coefficient (Wildman–Crippen LogP) is 2.82. The van der Waals surface area contributed by atoms with Crippen molar-refractivity contribution in [3.8, 4) is 0 Å². The van der Waals surface area contributed by atoms with Crippen molar-refractivity contribution in [3.63, 3.8) is 0 Å². The Hall–Kier alpha value is -1.74. The highest BCUT2D eigenvalue weighted by Gasteiger charge is 2.05. The van der Waals surface area contributed by atoms with Gasteiger partial charge in [0.05, 0.1) is 12.9 Å². The number of aliphatic hydroxyl groups is 1. The first kappa shape index (κ1) is 11.7. The van der Waals surface area contributed by atoms with E-state index in [0.29, 0.717) is 0 Å². The fourth-order valence-electron chi connectivity index (χ4n) is 1.83. The number of nitrogens with one attached hydrogen (secondary N) is 1. The molecule has 1 aromatic carbocycles. The van der Waals surface area contributed by atoms with E-state index in [4.69, 9.17) is 9.52 Å². The number of hydrogen-bond acceptors (Lipinski definition) is 3. The summed E-state index contributed by atoms with van der Waals surface area (Å²) in [6.45, 7) is 2.18. The molecule has 1 aromatic heterocycles. The monoisotopic (exact) mass is 231 g/mol. The molecule has 2 rings (SSSR count). The third-order valence-corrected chi connectivity index (χ3v) is 2.61. The van der Waals surface area contributed by atoms with Gasteiger partial charge in [0.25, 0.3) is 0 Å². The molecule has 3 heteroatoms. The van der Waals surface area contributed by atoms with E-state index >= 15 is 0 Å². The van der Waals surface area contributed by atoms with Crippen LogP contribution in [0.25, 0.3) is 0 Å². The standard InChI is InChI=1S/C14H17NO2/c1-11(8-14-6-3-7-17-14)15-13-5-2-4-12(9-13)10-16/h2-7,9,11,15-16H,8,10H2,1H3. The third kappa shape index (κ3) is 3.36. The molecular weight excluding hydrogens is 214 g/mol. The van der Waals surface area contributed by atoms with Gasteiger partial charge in [-0.3, -0.25) is 0 Å². The lowest BCUT2D eigenvalue weighted by Gasteiger charge is -2.14. The van der Waals surface area contributed by atoms with Crippen molar-refractivity contribution in [3.05, 3.63) is 54.0 Å². The molecule has 0 radical (unpaired) electrons. The van der Waals surface area contributed by atoms with Gasteiger partial charge in [-0.05, 0) is 36.8 Å². The van der Waals surface area contributed by atoms with Gasteiger partial charge in [0.2, 0.25) is 0 Å². The highest BCUT2D eigenvalue weighted by molar-refractivity contribution is 5.46. The normalized spacial score (nSPS) is 12.4. The number of rotatable bonds is 5. The summed E-state index contributed by atoms with van der Waals surface area (Å²) in [6.07, 6.45) is 2.53. The van der Waals surface area contributed by atoms with Gasteiger partial charge in [-0.2, -0.15) is 0 Å². The number of anilines is 1. The fourth-order valence-corrected chi connectivity index (χ4v) is 1.83. The SMILES string of the molecule is CC(Cc1ccco1)Nc1cccc(CO)c1. The lowest BCUT2D eigenvalue weighted by atomic mass is 10.1. The van der Waals surface area contributed by atoms with Gasteiger partial charge in [-0.1, -0.05) is 12.1 Å². The highest BCUT2D eigenvalue weighted by Crippen LogP contribution is 2.13. The molecule has 0 bridgehead atoms. The second kappa shape index (κ2) is 5.55. The van der Waals surface area contributed by atoms with Crippen LogP contribution < -0.4 is 5.32 Å². The molecule has 0 spiro atoms. The Balaban J connectivity index is 1.95. The first-order chi connectivity index (χ1) is 8.28. The highest BCUT2D eigenvalue weighted by atomic mass is 16.3. The minimum atomic E-state index is 0.0715. The average Bonchev–Trinajstić information content (AvgIpc) is 2.82. The van der Waals surface area contributed by atoms with Crippen LogP contribution in [0, 0.1) is 0 Å². The maximum atomic E-state index is 9.06. The topological polar surface area (TPSA) is 45.4 Å². The molecule has 0 aliphatic heterocycles. The Morgan fingerprint density at radius 3 is 2.88 bits per heavy atom. The van der Waals surface area contributed by atoms with E-state index in [9.17, 15) is 0 Å². The molecule has 1 atom stereocenters. The van der Waals surface area contributed by atoms with Crippen molar-refractivity contribution in [2.75, 3.05) is 5.32 Å². The summed E-state index contributed by atoms with van der Waals surface area (Å²) in [5.74, 6) is 0.975. The van der Waals surface area contributed by atoms with Gasteiger partial charge in [0, 0.05) is 18.2 Å². The summed E-state index contributed by atoms with van der Waals surface area (Å²) in [5, 5.41) is 12.4. The first-order valence-corrected chi connectivity index (χ1v) is 5.76. The van der Waals surface area contributed by atoms with E-state index in [1.165, 1.54) is 0 Å². The van der Waals surface area contributed by atoms with Crippen molar-refractivity contribution in [1.29, 1.82) is 0 Å². The van der Waals surface area contributed by atoms with Crippen LogP contribution in [0.3, 0.4) is 0 Å². The molecule has 0 aliphatic carbocycles. The minimum Gasteiger partial charge on any atom is -0.469 e. The Morgan fingerprint density at radius 1 is 1.29 bits per heavy atom. The number of benzene rings is 1. The largest absolute Gasteiger partial charge is 0.469 e. The zero-order chi connectivity index (χ0) is 12.1. The fraction of sp³-hybridized carbons (Fsp3) is 0.286. The maximum Gasteiger partial charge on any atom is 0.105 e. The van der Waals surface area contributed by atoms with Gasteiger partial charge in [0.15, 0.2) is 0 Å². The third-order valence-electron chi connectivity index (χ3n) is 2.61. The van der Waals surface area contributed by atoms with Crippen molar-refractivity contribution in [2.24, 2.45) is 0 Å². The molecule has 0 amide bonds. The molecule has 1 heterocycles. The summed E-state index contributed by atoms with van der Waals surface area (Å²) >= 11 is 0. The Bertz CT molecular complexity index is 451. The average molecular weight is 231 g/mol. The Morgan fingerprint density at radius 2 is 2.18 bits per heavy atom. The summed E-state index contributed by atoms with van der Waals surface area (Å²) in [6, 6.07) is 12.0. The van der Waals surface area contributed by atoms with Gasteiger partial charge in [0.1, 0.15) is 5.76 Å². The molecule has 2 N–H and O–H groups in total. The molecular formula is C14H17NO2. The van der Waals surface area contributed by atoms with Crippen LogP contribution >= 0.6 is 0 Å². The van der Waals surface area contributed by atoms with Crippen LogP contribution in [-0.2, 0) is 13.0 Å². The molecule has 17 heavy (non-hydrogen) atoms. The van der Waals surface area contributed by atoms with Gasteiger partial charge in [-0.25, -0.2) is 0 Å². The molecule has 2 aromatic rings. The molecule has 0 saturated carbocycles. The molecule has 0 fully saturated rings. The van der Waals surface area contributed by atoms with E-state index < -0.39 is 0 Å². The lowest BCUT2D eigenvalue weighted by Crippen LogP contribution is -2.17. The minimum absolute atomic E-state index is 0.0715. The second-order valence-corrected chi connectivity index (χ2v) is 4.19. The quantitative estimate of drug-likeness (QED) is 0.831. The van der Waals surface area contributed by atoms with E-state index in [1.54, 1.807) is 6.26 Å². The van der Waals surface area contributed by atoms with Crippen LogP contribution in [0.4, 0.5) is 5.69 Å². The lowest BCUT2D eigenvalue weighted by molar-refractivity contribution is 0.282. The van der Waals surface area contributed by atoms with Crippen molar-refractivity contribution in [1.82, 2.24) is 0 Å². The Kier molecular flexibility index (Phi) is 3.83. The summed E-state index contributed by atoms with van der Waals surface area (Å²) < 4.78 is 5.31. The zero-order valence-electron chi connectivity index (χ0n) is 9.89. The van der Waals surface area contributed by atoms with Crippen LogP contribution in [0.15, 0.2) is 47.1 Å². The van der Waals surface area contributed by atoms with Crippen LogP contribution in [-0.4, -0.2) is 11.1 Å². The second-order valence-electron chi connectivity index (χ2n) is 4.19. The molecule has 90 valence electrons. The van der Waals surface area contributed by atoms with Crippen molar-refractivity contribution in [2.45, 2.75) is 26.0 Å². The molecule has 0 aliphatic rings. The Labute approximate surface area is 101 Å². The smallest absolute Gasteiger partial charge is 0.105 e. The van der Waals surface area contributed by atoms with Crippen molar-refractivity contribution >= 4 is 5.69 Å². The van der Waals surface area contributed by atoms with E-state index in [2.05, 4.69) is 12.2 Å². The number of hydrogen-bond donors (Lipinski definition) is 2. The molecule has 3 nitrogen and oxygen atoms in total. The van der Waals surface area contributed by atoms with E-state index in [1.807, 2.05) is 36.4 Å². The van der Waals surface area contributed by atoms with E-state index in [0.717, 1.165) is 23.4 Å². The summed E-state index contributed by atoms with van der Waals surface area (Å²) in [4.78, 5) is 0. The van der Waals surface area contributed by atoms with Gasteiger partial charge < -0.3 is 14.8 Å². The summed E-state index contributed by atoms with van der Waals surface area (Å²) in [5.41, 5.74) is 1.94. The predicted molar refractivity (Wildman–Crippen MR) is 67.9 cm³/mol. The van der Waals surface area contributed by atoms with E-state index in [-0.39, 0.29) is 12.6 Å². The van der Waals surface area contributed by atoms with Crippen LogP contribution in [0.1, 0.15) is 18.2 Å². The first-order valence-electron chi connectivity index (χ1n) is 5.76. The molecule has 0 saturated heterocycles. The van der Waals surface area contributed by atoms with Crippen molar-refractivity contribution < 1.29 is 9.52 Å². The number of furan rings is 1. The van der Waals surface area contributed by atoms with Gasteiger partial charge in [-0.15, -0.1) is 0 Å². The van der Waals surface area contributed by atoms with Gasteiger partial charge >= 0.3 is 0 Å². The molecule has 1 unspecified atom stereocenters. The maximum absolute atomic E-state index is 9.06.